The van der Waals surface area contributed by atoms with Crippen LogP contribution >= 0.6 is 0 Å². The third-order valence-electron chi connectivity index (χ3n) is 3.29. The molecule has 0 radical (unpaired) electrons. The van der Waals surface area contributed by atoms with E-state index in [2.05, 4.69) is 0 Å². The maximum atomic E-state index is 12.2. The van der Waals surface area contributed by atoms with Crippen LogP contribution in [0, 0.1) is 17.3 Å². The van der Waals surface area contributed by atoms with Gasteiger partial charge in [0.05, 0.1) is 11.3 Å². The predicted molar refractivity (Wildman–Crippen MR) is 72.5 cm³/mol. The van der Waals surface area contributed by atoms with Crippen molar-refractivity contribution in [3.8, 4) is 0 Å². The Balaban J connectivity index is 2.68. The fraction of sp³-hybridized carbons (Fsp3) is 0.867. The van der Waals surface area contributed by atoms with E-state index in [-0.39, 0.29) is 29.9 Å². The first-order chi connectivity index (χ1) is 8.44. The maximum Gasteiger partial charge on any atom is 0.313 e. The first-order valence-electron chi connectivity index (χ1n) is 6.88. The topological polar surface area (TPSA) is 52.6 Å². The van der Waals surface area contributed by atoms with Crippen LogP contribution in [0.25, 0.3) is 0 Å². The third-order valence-corrected chi connectivity index (χ3v) is 3.29. The molecule has 0 N–H and O–H groups in total. The van der Waals surface area contributed by atoms with Crippen LogP contribution in [-0.2, 0) is 19.1 Å². The molecule has 0 unspecified atom stereocenters. The molecule has 4 heteroatoms. The zero-order chi connectivity index (χ0) is 15.0. The van der Waals surface area contributed by atoms with Crippen molar-refractivity contribution in [1.29, 1.82) is 0 Å². The summed E-state index contributed by atoms with van der Waals surface area (Å²) < 4.78 is 10.6. The molecule has 1 heterocycles. The molecule has 0 aromatic rings. The summed E-state index contributed by atoms with van der Waals surface area (Å²) in [5.41, 5.74) is -1.18. The summed E-state index contributed by atoms with van der Waals surface area (Å²) >= 11 is 0. The van der Waals surface area contributed by atoms with Crippen LogP contribution in [0.1, 0.15) is 54.9 Å². The van der Waals surface area contributed by atoms with Crippen LogP contribution in [0.4, 0.5) is 0 Å². The van der Waals surface area contributed by atoms with Crippen LogP contribution < -0.4 is 0 Å². The molecule has 0 aromatic carbocycles. The number of carbonyl (C=O) groups is 2. The van der Waals surface area contributed by atoms with Crippen molar-refractivity contribution in [2.75, 3.05) is 0 Å². The molecule has 0 saturated carbocycles. The highest BCUT2D eigenvalue weighted by Gasteiger charge is 2.48. The SMILES string of the molecule is CC(C)[C@H]1OC(=O)[C@H]1CC(C)(C)C(=O)OC(C)(C)C. The Morgan fingerprint density at radius 3 is 2.16 bits per heavy atom. The van der Waals surface area contributed by atoms with E-state index in [4.69, 9.17) is 9.47 Å². The Hall–Kier alpha value is -1.06. The summed E-state index contributed by atoms with van der Waals surface area (Å²) in [5.74, 6) is -0.378. The van der Waals surface area contributed by atoms with Crippen molar-refractivity contribution < 1.29 is 19.1 Å². The number of cyclic esters (lactones) is 1. The van der Waals surface area contributed by atoms with Gasteiger partial charge in [-0.15, -0.1) is 0 Å². The third kappa shape index (κ3) is 3.95. The Bertz CT molecular complexity index is 363. The zero-order valence-electron chi connectivity index (χ0n) is 13.1. The van der Waals surface area contributed by atoms with Gasteiger partial charge >= 0.3 is 11.9 Å². The van der Waals surface area contributed by atoms with Crippen molar-refractivity contribution in [2.24, 2.45) is 17.3 Å². The molecule has 1 aliphatic heterocycles. The smallest absolute Gasteiger partial charge is 0.313 e. The van der Waals surface area contributed by atoms with E-state index in [1.807, 2.05) is 48.5 Å². The van der Waals surface area contributed by atoms with Gasteiger partial charge in [0.25, 0.3) is 0 Å². The van der Waals surface area contributed by atoms with E-state index in [1.54, 1.807) is 0 Å². The molecule has 0 amide bonds. The van der Waals surface area contributed by atoms with Crippen molar-refractivity contribution >= 4 is 11.9 Å². The summed E-state index contributed by atoms with van der Waals surface area (Å²) in [5, 5.41) is 0. The number of hydrogen-bond donors (Lipinski definition) is 0. The van der Waals surface area contributed by atoms with Crippen molar-refractivity contribution in [2.45, 2.75) is 66.6 Å². The molecule has 0 spiro atoms. The Morgan fingerprint density at radius 2 is 1.79 bits per heavy atom. The van der Waals surface area contributed by atoms with Gasteiger partial charge in [0.1, 0.15) is 11.7 Å². The maximum absolute atomic E-state index is 12.2. The average molecular weight is 270 g/mol. The van der Waals surface area contributed by atoms with Crippen LogP contribution in [0.2, 0.25) is 0 Å². The van der Waals surface area contributed by atoms with Gasteiger partial charge in [-0.25, -0.2) is 0 Å². The minimum Gasteiger partial charge on any atom is -0.461 e. The molecule has 1 fully saturated rings. The molecule has 0 bridgehead atoms. The van der Waals surface area contributed by atoms with E-state index in [0.29, 0.717) is 6.42 Å². The molecule has 1 aliphatic rings. The zero-order valence-corrected chi connectivity index (χ0v) is 13.1. The number of carbonyl (C=O) groups excluding carboxylic acids is 2. The Labute approximate surface area is 115 Å². The van der Waals surface area contributed by atoms with E-state index in [0.717, 1.165) is 0 Å². The standard InChI is InChI=1S/C15H26O4/c1-9(2)11-10(12(16)18-11)8-15(6,7)13(17)19-14(3,4)5/h9-11H,8H2,1-7H3/t10-,11+/m0/s1. The molecule has 1 rings (SSSR count). The Kier molecular flexibility index (Phi) is 4.33. The lowest BCUT2D eigenvalue weighted by Gasteiger charge is -2.41. The summed E-state index contributed by atoms with van der Waals surface area (Å²) in [4.78, 5) is 23.7. The van der Waals surface area contributed by atoms with E-state index in [1.165, 1.54) is 0 Å². The lowest BCUT2D eigenvalue weighted by molar-refractivity contribution is -0.195. The van der Waals surface area contributed by atoms with E-state index >= 15 is 0 Å². The van der Waals surface area contributed by atoms with Gasteiger partial charge in [0.2, 0.25) is 0 Å². The molecule has 4 nitrogen and oxygen atoms in total. The van der Waals surface area contributed by atoms with Crippen LogP contribution in [0.15, 0.2) is 0 Å². The molecular formula is C15H26O4. The summed E-state index contributed by atoms with van der Waals surface area (Å²) in [6, 6.07) is 0. The quantitative estimate of drug-likeness (QED) is 0.737. The first-order valence-corrected chi connectivity index (χ1v) is 6.88. The van der Waals surface area contributed by atoms with E-state index < -0.39 is 11.0 Å². The summed E-state index contributed by atoms with van der Waals surface area (Å²) in [7, 11) is 0. The van der Waals surface area contributed by atoms with Crippen molar-refractivity contribution in [1.82, 2.24) is 0 Å². The largest absolute Gasteiger partial charge is 0.461 e. The molecule has 1 saturated heterocycles. The van der Waals surface area contributed by atoms with Crippen LogP contribution in [0.5, 0.6) is 0 Å². The van der Waals surface area contributed by atoms with Crippen LogP contribution in [-0.4, -0.2) is 23.6 Å². The van der Waals surface area contributed by atoms with Gasteiger partial charge in [0, 0.05) is 0 Å². The normalized spacial score (nSPS) is 23.9. The second-order valence-corrected chi connectivity index (χ2v) is 7.34. The summed E-state index contributed by atoms with van der Waals surface area (Å²) in [6.07, 6.45) is 0.401. The minimum absolute atomic E-state index is 0.0748. The fourth-order valence-corrected chi connectivity index (χ4v) is 2.21. The van der Waals surface area contributed by atoms with Crippen molar-refractivity contribution in [3.05, 3.63) is 0 Å². The first kappa shape index (κ1) is 16.0. The van der Waals surface area contributed by atoms with Gasteiger partial charge in [-0.1, -0.05) is 13.8 Å². The van der Waals surface area contributed by atoms with Crippen molar-refractivity contribution in [3.63, 3.8) is 0 Å². The molecule has 0 aromatic heterocycles. The predicted octanol–water partition coefficient (Wildman–Crippen LogP) is 2.94. The van der Waals surface area contributed by atoms with Gasteiger partial charge in [0.15, 0.2) is 0 Å². The average Bonchev–Trinajstić information content (AvgIpc) is 2.20. The highest BCUT2D eigenvalue weighted by Crippen LogP contribution is 2.38. The summed E-state index contributed by atoms with van der Waals surface area (Å²) in [6.45, 7) is 13.2. The number of rotatable bonds is 4. The lowest BCUT2D eigenvalue weighted by atomic mass is 9.75. The molecular weight excluding hydrogens is 244 g/mol. The van der Waals surface area contributed by atoms with Gasteiger partial charge < -0.3 is 9.47 Å². The van der Waals surface area contributed by atoms with Gasteiger partial charge in [-0.3, -0.25) is 9.59 Å². The van der Waals surface area contributed by atoms with Gasteiger partial charge in [-0.2, -0.15) is 0 Å². The second-order valence-electron chi connectivity index (χ2n) is 7.34. The molecule has 2 atom stereocenters. The van der Waals surface area contributed by atoms with Crippen LogP contribution in [0.3, 0.4) is 0 Å². The Morgan fingerprint density at radius 1 is 1.26 bits per heavy atom. The highest BCUT2D eigenvalue weighted by molar-refractivity contribution is 5.81. The number of hydrogen-bond acceptors (Lipinski definition) is 4. The molecule has 110 valence electrons. The molecule has 0 aliphatic carbocycles. The number of ether oxygens (including phenoxy) is 2. The monoisotopic (exact) mass is 270 g/mol. The number of esters is 2. The fourth-order valence-electron chi connectivity index (χ4n) is 2.21. The van der Waals surface area contributed by atoms with Gasteiger partial charge in [-0.05, 0) is 47.0 Å². The second kappa shape index (κ2) is 5.14. The van der Waals surface area contributed by atoms with E-state index in [9.17, 15) is 9.59 Å². The lowest BCUT2D eigenvalue weighted by Crippen LogP contribution is -2.51. The highest BCUT2D eigenvalue weighted by atomic mass is 16.6. The molecule has 19 heavy (non-hydrogen) atoms. The minimum atomic E-state index is -0.676.